The second-order valence-corrected chi connectivity index (χ2v) is 6.62. The Morgan fingerprint density at radius 3 is 2.79 bits per heavy atom. The number of aromatic nitrogens is 3. The molecule has 0 amide bonds. The SMILES string of the molecule is CSc1ncnc2c1c(C(=N)N)cn2[C@@H]1O[C@H](CO)[C@@H](O)[C@@]1(C)O. The van der Waals surface area contributed by atoms with Gasteiger partial charge in [-0.25, -0.2) is 9.97 Å². The number of ether oxygens (including phenoxy) is 1. The second kappa shape index (κ2) is 5.97. The highest BCUT2D eigenvalue weighted by molar-refractivity contribution is 7.98. The van der Waals surface area contributed by atoms with Crippen molar-refractivity contribution in [2.24, 2.45) is 5.73 Å². The fourth-order valence-electron chi connectivity index (χ4n) is 2.98. The highest BCUT2D eigenvalue weighted by atomic mass is 32.2. The van der Waals surface area contributed by atoms with E-state index in [0.717, 1.165) is 0 Å². The van der Waals surface area contributed by atoms with Crippen LogP contribution in [0.4, 0.5) is 0 Å². The van der Waals surface area contributed by atoms with E-state index in [0.29, 0.717) is 21.6 Å². The van der Waals surface area contributed by atoms with Gasteiger partial charge < -0.3 is 30.4 Å². The van der Waals surface area contributed by atoms with Crippen LogP contribution in [0.25, 0.3) is 11.0 Å². The summed E-state index contributed by atoms with van der Waals surface area (Å²) in [7, 11) is 0. The molecule has 6 N–H and O–H groups in total. The Bertz CT molecular complexity index is 793. The number of nitrogens with two attached hydrogens (primary N) is 1. The Labute approximate surface area is 142 Å². The van der Waals surface area contributed by atoms with Gasteiger partial charge in [0.15, 0.2) is 6.23 Å². The average molecular weight is 353 g/mol. The average Bonchev–Trinajstić information content (AvgIpc) is 3.04. The number of hydrogen-bond donors (Lipinski definition) is 5. The molecule has 2 aromatic heterocycles. The summed E-state index contributed by atoms with van der Waals surface area (Å²) in [5.74, 6) is -0.166. The Balaban J connectivity index is 2.23. The van der Waals surface area contributed by atoms with Crippen molar-refractivity contribution < 1.29 is 20.1 Å². The lowest BCUT2D eigenvalue weighted by Crippen LogP contribution is -2.44. The molecule has 130 valence electrons. The van der Waals surface area contributed by atoms with Crippen LogP contribution in [0.3, 0.4) is 0 Å². The van der Waals surface area contributed by atoms with Gasteiger partial charge in [0, 0.05) is 11.8 Å². The topological polar surface area (TPSA) is 150 Å². The molecule has 1 aliphatic heterocycles. The molecule has 0 unspecified atom stereocenters. The van der Waals surface area contributed by atoms with Gasteiger partial charge in [-0.2, -0.15) is 0 Å². The molecule has 10 heteroatoms. The van der Waals surface area contributed by atoms with Crippen LogP contribution in [0.2, 0.25) is 0 Å². The van der Waals surface area contributed by atoms with Crippen molar-refractivity contribution in [2.45, 2.75) is 36.0 Å². The number of aliphatic hydroxyl groups is 3. The molecule has 0 radical (unpaired) electrons. The normalized spacial score (nSPS) is 30.1. The van der Waals surface area contributed by atoms with E-state index in [-0.39, 0.29) is 5.84 Å². The zero-order valence-electron chi connectivity index (χ0n) is 13.2. The minimum Gasteiger partial charge on any atom is -0.394 e. The molecule has 0 aromatic carbocycles. The van der Waals surface area contributed by atoms with Crippen molar-refractivity contribution in [3.05, 3.63) is 18.1 Å². The highest BCUT2D eigenvalue weighted by Crippen LogP contribution is 2.41. The lowest BCUT2D eigenvalue weighted by atomic mass is 9.96. The fourth-order valence-corrected chi connectivity index (χ4v) is 3.54. The lowest BCUT2D eigenvalue weighted by molar-refractivity contribution is -0.0948. The summed E-state index contributed by atoms with van der Waals surface area (Å²) in [6.07, 6.45) is 1.57. The van der Waals surface area contributed by atoms with Gasteiger partial charge in [-0.1, -0.05) is 0 Å². The molecule has 0 saturated carbocycles. The molecule has 4 atom stereocenters. The number of aliphatic hydroxyl groups excluding tert-OH is 2. The first-order valence-electron chi connectivity index (χ1n) is 7.23. The van der Waals surface area contributed by atoms with Crippen molar-refractivity contribution in [3.8, 4) is 0 Å². The minimum absolute atomic E-state index is 0.166. The monoisotopic (exact) mass is 353 g/mol. The number of hydrogen-bond acceptors (Lipinski definition) is 8. The molecule has 24 heavy (non-hydrogen) atoms. The van der Waals surface area contributed by atoms with Gasteiger partial charge in [0.25, 0.3) is 0 Å². The van der Waals surface area contributed by atoms with E-state index in [1.165, 1.54) is 29.6 Å². The van der Waals surface area contributed by atoms with E-state index in [2.05, 4.69) is 9.97 Å². The van der Waals surface area contributed by atoms with E-state index >= 15 is 0 Å². The van der Waals surface area contributed by atoms with E-state index < -0.39 is 30.6 Å². The number of amidine groups is 1. The van der Waals surface area contributed by atoms with Crippen LogP contribution in [0.1, 0.15) is 18.7 Å². The molecule has 0 aliphatic carbocycles. The van der Waals surface area contributed by atoms with E-state index in [9.17, 15) is 15.3 Å². The standard InChI is InChI=1S/C14H19N5O4S/c1-14(22)9(21)7(4-20)23-13(14)19-3-6(10(15)16)8-11(19)17-5-18-12(8)24-2/h3,5,7,9,13,20-22H,4H2,1-2H3,(H3,15,16)/t7-,9-,13-,14-/m1/s1. The second-order valence-electron chi connectivity index (χ2n) is 5.83. The first-order chi connectivity index (χ1) is 11.3. The maximum atomic E-state index is 10.7. The smallest absolute Gasteiger partial charge is 0.167 e. The van der Waals surface area contributed by atoms with E-state index in [4.69, 9.17) is 15.9 Å². The first-order valence-corrected chi connectivity index (χ1v) is 8.46. The van der Waals surface area contributed by atoms with Gasteiger partial charge in [-0.3, -0.25) is 5.41 Å². The first kappa shape index (κ1) is 17.1. The zero-order chi connectivity index (χ0) is 17.6. The van der Waals surface area contributed by atoms with Crippen molar-refractivity contribution in [1.82, 2.24) is 14.5 Å². The highest BCUT2D eigenvalue weighted by Gasteiger charge is 2.53. The van der Waals surface area contributed by atoms with Crippen LogP contribution in [-0.4, -0.2) is 66.4 Å². The third kappa shape index (κ3) is 2.38. The molecule has 1 saturated heterocycles. The van der Waals surface area contributed by atoms with Crippen LogP contribution in [-0.2, 0) is 4.74 Å². The minimum atomic E-state index is -1.65. The van der Waals surface area contributed by atoms with Crippen LogP contribution in [0.15, 0.2) is 17.6 Å². The molecule has 9 nitrogen and oxygen atoms in total. The molecule has 1 fully saturated rings. The molecular formula is C14H19N5O4S. The molecule has 1 aliphatic rings. The van der Waals surface area contributed by atoms with Crippen LogP contribution < -0.4 is 5.73 Å². The summed E-state index contributed by atoms with van der Waals surface area (Å²) in [5, 5.41) is 39.2. The number of nitrogen functional groups attached to an aromatic ring is 1. The number of thioether (sulfide) groups is 1. The van der Waals surface area contributed by atoms with E-state index in [1.807, 2.05) is 6.26 Å². The lowest BCUT2D eigenvalue weighted by Gasteiger charge is -2.27. The quantitative estimate of drug-likeness (QED) is 0.212. The number of rotatable bonds is 4. The maximum absolute atomic E-state index is 10.7. The predicted octanol–water partition coefficient (Wildman–Crippen LogP) is -0.561. The summed E-state index contributed by atoms with van der Waals surface area (Å²) < 4.78 is 7.15. The van der Waals surface area contributed by atoms with Crippen molar-refractivity contribution in [3.63, 3.8) is 0 Å². The van der Waals surface area contributed by atoms with Gasteiger partial charge in [0.05, 0.1) is 12.0 Å². The fraction of sp³-hybridized carbons (Fsp3) is 0.500. The van der Waals surface area contributed by atoms with Gasteiger partial charge in [0.1, 0.15) is 40.6 Å². The Kier molecular flexibility index (Phi) is 4.26. The summed E-state index contributed by atoms with van der Waals surface area (Å²) >= 11 is 1.38. The molecule has 3 heterocycles. The third-order valence-electron chi connectivity index (χ3n) is 4.25. The number of nitrogens with one attached hydrogen (secondary N) is 1. The molecular weight excluding hydrogens is 334 g/mol. The Morgan fingerprint density at radius 1 is 1.54 bits per heavy atom. The van der Waals surface area contributed by atoms with Crippen molar-refractivity contribution in [2.75, 3.05) is 12.9 Å². The van der Waals surface area contributed by atoms with Crippen molar-refractivity contribution in [1.29, 1.82) is 5.41 Å². The van der Waals surface area contributed by atoms with Gasteiger partial charge in [-0.05, 0) is 13.2 Å². The van der Waals surface area contributed by atoms with Crippen molar-refractivity contribution >= 4 is 28.6 Å². The van der Waals surface area contributed by atoms with Gasteiger partial charge in [-0.15, -0.1) is 11.8 Å². The zero-order valence-corrected chi connectivity index (χ0v) is 14.0. The molecule has 0 bridgehead atoms. The van der Waals surface area contributed by atoms with Gasteiger partial charge in [0.2, 0.25) is 0 Å². The maximum Gasteiger partial charge on any atom is 0.167 e. The third-order valence-corrected chi connectivity index (χ3v) is 4.94. The Hall–Kier alpha value is -1.72. The molecule has 3 rings (SSSR count). The van der Waals surface area contributed by atoms with Crippen LogP contribution >= 0.6 is 11.8 Å². The largest absolute Gasteiger partial charge is 0.394 e. The number of fused-ring (bicyclic) bond motifs is 1. The van der Waals surface area contributed by atoms with E-state index in [1.54, 1.807) is 6.20 Å². The predicted molar refractivity (Wildman–Crippen MR) is 88.0 cm³/mol. The van der Waals surface area contributed by atoms with Gasteiger partial charge >= 0.3 is 0 Å². The summed E-state index contributed by atoms with van der Waals surface area (Å²) in [6.45, 7) is 0.992. The van der Waals surface area contributed by atoms with Crippen LogP contribution in [0.5, 0.6) is 0 Å². The van der Waals surface area contributed by atoms with Crippen LogP contribution in [0, 0.1) is 5.41 Å². The Morgan fingerprint density at radius 2 is 2.25 bits per heavy atom. The molecule has 0 spiro atoms. The summed E-state index contributed by atoms with van der Waals surface area (Å²) in [5.41, 5.74) is 4.86. The molecule has 2 aromatic rings. The summed E-state index contributed by atoms with van der Waals surface area (Å²) in [6, 6.07) is 0. The number of nitrogens with zero attached hydrogens (tertiary/aromatic N) is 3. The summed E-state index contributed by atoms with van der Waals surface area (Å²) in [4.78, 5) is 8.41.